The van der Waals surface area contributed by atoms with E-state index in [1.807, 2.05) is 0 Å². The second-order valence-corrected chi connectivity index (χ2v) is 3.68. The predicted molar refractivity (Wildman–Crippen MR) is 59.7 cm³/mol. The Kier molecular flexibility index (Phi) is 3.30. The van der Waals surface area contributed by atoms with Crippen molar-refractivity contribution in [3.8, 4) is 17.2 Å². The summed E-state index contributed by atoms with van der Waals surface area (Å²) in [5.41, 5.74) is 0.579. The van der Waals surface area contributed by atoms with E-state index in [0.717, 1.165) is 0 Å². The van der Waals surface area contributed by atoms with Gasteiger partial charge in [0.05, 0.1) is 0 Å². The molecule has 3 rings (SSSR count). The quantitative estimate of drug-likeness (QED) is 0.222. The average Bonchev–Trinajstić information content (AvgIpc) is 2.28. The van der Waals surface area contributed by atoms with E-state index in [2.05, 4.69) is 0 Å². The van der Waals surface area contributed by atoms with Crippen molar-refractivity contribution in [3.63, 3.8) is 0 Å². The van der Waals surface area contributed by atoms with Crippen LogP contribution < -0.4 is 39.7 Å². The molecule has 2 aliphatic rings. The summed E-state index contributed by atoms with van der Waals surface area (Å²) in [7, 11) is 0. The maximum Gasteiger partial charge on any atom is 1.00 e. The average molecular weight is 252 g/mol. The Hall–Kier alpha value is -1.56. The van der Waals surface area contributed by atoms with Crippen molar-refractivity contribution in [3.05, 3.63) is 51.8 Å². The minimum Gasteiger partial charge on any atom is -0.618 e. The molecule has 18 heavy (non-hydrogen) atoms. The Bertz CT molecular complexity index is 753. The van der Waals surface area contributed by atoms with Crippen LogP contribution in [0.25, 0.3) is 22.6 Å². The Morgan fingerprint density at radius 3 is 2.72 bits per heavy atom. The molecule has 0 bridgehead atoms. The summed E-state index contributed by atoms with van der Waals surface area (Å²) in [6.07, 6.45) is 0. The molecule has 1 aliphatic carbocycles. The van der Waals surface area contributed by atoms with E-state index in [1.165, 1.54) is 36.4 Å². The molecule has 1 aliphatic heterocycles. The van der Waals surface area contributed by atoms with Gasteiger partial charge in [-0.25, -0.2) is 0 Å². The maximum absolute atomic E-state index is 12.0. The van der Waals surface area contributed by atoms with Crippen LogP contribution in [0.3, 0.4) is 0 Å². The van der Waals surface area contributed by atoms with Gasteiger partial charge in [-0.3, -0.25) is 4.79 Å². The van der Waals surface area contributed by atoms with E-state index in [9.17, 15) is 15.1 Å². The molecule has 1 aromatic rings. The summed E-state index contributed by atoms with van der Waals surface area (Å²) < 4.78 is 6.08. The van der Waals surface area contributed by atoms with Crippen molar-refractivity contribution < 1.29 is 43.8 Å². The third-order valence-corrected chi connectivity index (χ3v) is 2.53. The Labute approximate surface area is 124 Å². The third-order valence-electron chi connectivity index (χ3n) is 2.53. The first-order valence-electron chi connectivity index (χ1n) is 4.94. The number of nitrogens with zero attached hydrogens (tertiary/aromatic N) is 1. The molecule has 0 saturated heterocycles. The smallest absolute Gasteiger partial charge is 0.618 e. The standard InChI is InChI=1S/C12H7NO4.Na/c14-7-1-3-9-11(5-7)17-12-6-8(15)2-4-10(12)13(9)16;/h1-6,14H;/q;+1. The summed E-state index contributed by atoms with van der Waals surface area (Å²) in [6, 6.07) is 8.17. The molecule has 0 radical (unpaired) electrons. The van der Waals surface area contributed by atoms with Crippen molar-refractivity contribution >= 4 is 11.1 Å². The molecule has 1 N–H and O–H groups in total. The number of aromatic hydroxyl groups is 1. The summed E-state index contributed by atoms with van der Waals surface area (Å²) in [4.78, 5) is 11.2. The van der Waals surface area contributed by atoms with Crippen molar-refractivity contribution in [1.82, 2.24) is 0 Å². The number of hydrogen-bond donors (Lipinski definition) is 1. The van der Waals surface area contributed by atoms with Crippen LogP contribution in [0.4, 0.5) is 0 Å². The summed E-state index contributed by atoms with van der Waals surface area (Å²) >= 11 is 0. The van der Waals surface area contributed by atoms with Gasteiger partial charge in [-0.05, 0) is 12.1 Å². The van der Waals surface area contributed by atoms with Crippen LogP contribution in [-0.4, -0.2) is 5.11 Å². The minimum absolute atomic E-state index is 0. The Morgan fingerprint density at radius 2 is 1.94 bits per heavy atom. The van der Waals surface area contributed by atoms with E-state index in [1.54, 1.807) is 0 Å². The number of aromatic nitrogens is 1. The van der Waals surface area contributed by atoms with Crippen LogP contribution in [0, 0.1) is 5.21 Å². The SMILES string of the molecule is O=c1ccc2[n+]([O-])c3ccc(O)cc3oc-2c1.[Na+]. The molecule has 84 valence electrons. The van der Waals surface area contributed by atoms with E-state index in [4.69, 9.17) is 4.42 Å². The van der Waals surface area contributed by atoms with Gasteiger partial charge in [0.15, 0.2) is 5.43 Å². The number of phenolic OH excluding ortho intramolecular Hbond substituents is 1. The minimum atomic E-state index is -0.235. The molecule has 0 fully saturated rings. The topological polar surface area (TPSA) is 77.4 Å². The molecule has 5 nitrogen and oxygen atoms in total. The number of hydrogen-bond acceptors (Lipinski definition) is 4. The van der Waals surface area contributed by atoms with E-state index in [-0.39, 0.29) is 57.8 Å². The van der Waals surface area contributed by atoms with Crippen LogP contribution in [0.15, 0.2) is 45.6 Å². The zero-order valence-corrected chi connectivity index (χ0v) is 11.6. The van der Waals surface area contributed by atoms with Gasteiger partial charge in [-0.2, -0.15) is 4.73 Å². The first-order chi connectivity index (χ1) is 8.15. The molecule has 6 heteroatoms. The Balaban J connectivity index is 0.00000120. The monoisotopic (exact) mass is 252 g/mol. The summed E-state index contributed by atoms with van der Waals surface area (Å²) in [6.45, 7) is 0. The Morgan fingerprint density at radius 1 is 1.17 bits per heavy atom. The van der Waals surface area contributed by atoms with Gasteiger partial charge >= 0.3 is 29.6 Å². The molecule has 0 amide bonds. The van der Waals surface area contributed by atoms with Crippen LogP contribution in [0.5, 0.6) is 5.75 Å². The second kappa shape index (κ2) is 4.61. The number of rotatable bonds is 0. The molecule has 0 unspecified atom stereocenters. The fourth-order valence-corrected chi connectivity index (χ4v) is 1.74. The largest absolute Gasteiger partial charge is 1.00 e. The normalized spacial score (nSPS) is 10.4. The van der Waals surface area contributed by atoms with Crippen molar-refractivity contribution in [2.45, 2.75) is 0 Å². The summed E-state index contributed by atoms with van der Waals surface area (Å²) in [5.74, 6) is 0.199. The molecule has 0 aromatic heterocycles. The van der Waals surface area contributed by atoms with Crippen LogP contribution in [0.2, 0.25) is 0 Å². The zero-order chi connectivity index (χ0) is 12.0. The van der Waals surface area contributed by atoms with E-state index >= 15 is 0 Å². The number of fused-ring (bicyclic) bond motifs is 2. The van der Waals surface area contributed by atoms with Gasteiger partial charge in [0.25, 0.3) is 11.2 Å². The molecular formula is C12H7NNaO4+. The maximum atomic E-state index is 12.0. The molecular weight excluding hydrogens is 245 g/mol. The van der Waals surface area contributed by atoms with Gasteiger partial charge < -0.3 is 14.7 Å². The van der Waals surface area contributed by atoms with E-state index in [0.29, 0.717) is 10.2 Å². The van der Waals surface area contributed by atoms with Crippen molar-refractivity contribution in [1.29, 1.82) is 0 Å². The first kappa shape index (κ1) is 12.9. The zero-order valence-electron chi connectivity index (χ0n) is 9.58. The second-order valence-electron chi connectivity index (χ2n) is 3.68. The van der Waals surface area contributed by atoms with Gasteiger partial charge in [-0.15, -0.1) is 0 Å². The van der Waals surface area contributed by atoms with Crippen LogP contribution in [-0.2, 0) is 0 Å². The van der Waals surface area contributed by atoms with E-state index < -0.39 is 0 Å². The van der Waals surface area contributed by atoms with Crippen LogP contribution >= 0.6 is 0 Å². The molecule has 1 aromatic carbocycles. The molecule has 0 atom stereocenters. The molecule has 0 saturated carbocycles. The fraction of sp³-hybridized carbons (Fsp3) is 0. The summed E-state index contributed by atoms with van der Waals surface area (Å²) in [5, 5.41) is 21.3. The van der Waals surface area contributed by atoms with Crippen LogP contribution in [0.1, 0.15) is 0 Å². The third kappa shape index (κ3) is 1.96. The van der Waals surface area contributed by atoms with Crippen molar-refractivity contribution in [2.24, 2.45) is 0 Å². The molecule has 0 spiro atoms. The molecule has 1 heterocycles. The van der Waals surface area contributed by atoms with Gasteiger partial charge in [0.2, 0.25) is 11.3 Å². The predicted octanol–water partition coefficient (Wildman–Crippen LogP) is -1.76. The number of benzene rings is 2. The fourth-order valence-electron chi connectivity index (χ4n) is 1.74. The van der Waals surface area contributed by atoms with Gasteiger partial charge in [0, 0.05) is 24.3 Å². The number of phenols is 1. The van der Waals surface area contributed by atoms with Gasteiger partial charge in [0.1, 0.15) is 5.75 Å². The van der Waals surface area contributed by atoms with Crippen molar-refractivity contribution in [2.75, 3.05) is 0 Å². The van der Waals surface area contributed by atoms with Gasteiger partial charge in [-0.1, -0.05) is 0 Å². The first-order valence-corrected chi connectivity index (χ1v) is 4.94.